The fourth-order valence-electron chi connectivity index (χ4n) is 3.91. The molecule has 2 atom stereocenters. The van der Waals surface area contributed by atoms with E-state index in [0.717, 1.165) is 16.8 Å². The number of hydrogen-bond acceptors (Lipinski definition) is 7. The molecule has 1 aromatic carbocycles. The zero-order valence-electron chi connectivity index (χ0n) is 16.9. The molecule has 8 heteroatoms. The van der Waals surface area contributed by atoms with Gasteiger partial charge in [0.1, 0.15) is 5.69 Å². The van der Waals surface area contributed by atoms with E-state index < -0.39 is 0 Å². The second kappa shape index (κ2) is 8.06. The molecule has 1 aliphatic heterocycles. The molecule has 1 amide bonds. The van der Waals surface area contributed by atoms with Gasteiger partial charge in [-0.15, -0.1) is 0 Å². The Morgan fingerprint density at radius 2 is 1.84 bits per heavy atom. The molecular formula is C23H20N6O2. The third kappa shape index (κ3) is 3.79. The van der Waals surface area contributed by atoms with Crippen LogP contribution in [0.5, 0.6) is 0 Å². The Hall–Kier alpha value is -3.94. The number of nitrogens with zero attached hydrogens (tertiary/aromatic N) is 6. The van der Waals surface area contributed by atoms with Gasteiger partial charge >= 0.3 is 0 Å². The second-order valence-corrected chi connectivity index (χ2v) is 7.57. The van der Waals surface area contributed by atoms with Gasteiger partial charge in [-0.1, -0.05) is 41.6 Å². The van der Waals surface area contributed by atoms with Crippen LogP contribution in [0, 0.1) is 6.92 Å². The van der Waals surface area contributed by atoms with Gasteiger partial charge in [0.15, 0.2) is 0 Å². The molecule has 2 unspecified atom stereocenters. The smallest absolute Gasteiger partial charge is 0.274 e. The third-order valence-corrected chi connectivity index (χ3v) is 5.51. The standard InChI is InChI=1S/C23H20N6O2/c1-15-10-26-20(12-25-15)23(30)29-13-18(17-8-5-9-24-11-17)19(14-29)22-27-21(28-31-22)16-6-3-2-4-7-16/h2-12,18-19H,13-14H2,1H3. The van der Waals surface area contributed by atoms with Crippen LogP contribution in [-0.4, -0.2) is 49.0 Å². The van der Waals surface area contributed by atoms with Gasteiger partial charge in [0.25, 0.3) is 5.91 Å². The molecular weight excluding hydrogens is 392 g/mol. The minimum absolute atomic E-state index is 0.0138. The van der Waals surface area contributed by atoms with Crippen molar-refractivity contribution in [3.05, 3.63) is 90.1 Å². The maximum absolute atomic E-state index is 13.1. The molecule has 0 radical (unpaired) electrons. The van der Waals surface area contributed by atoms with E-state index in [1.54, 1.807) is 17.3 Å². The average molecular weight is 412 g/mol. The quantitative estimate of drug-likeness (QED) is 0.507. The minimum atomic E-state index is -0.160. The maximum Gasteiger partial charge on any atom is 0.274 e. The van der Waals surface area contributed by atoms with E-state index in [2.05, 4.69) is 25.1 Å². The largest absolute Gasteiger partial charge is 0.339 e. The highest BCUT2D eigenvalue weighted by Gasteiger charge is 2.41. The first-order valence-corrected chi connectivity index (χ1v) is 10.1. The Labute approximate surface area is 179 Å². The Morgan fingerprint density at radius 1 is 1.00 bits per heavy atom. The predicted octanol–water partition coefficient (Wildman–Crippen LogP) is 3.25. The van der Waals surface area contributed by atoms with Crippen molar-refractivity contribution in [1.82, 2.24) is 30.0 Å². The van der Waals surface area contributed by atoms with Crippen LogP contribution in [0.25, 0.3) is 11.4 Å². The molecule has 8 nitrogen and oxygen atoms in total. The molecule has 1 aliphatic rings. The van der Waals surface area contributed by atoms with Gasteiger partial charge in [-0.05, 0) is 18.6 Å². The molecule has 1 saturated heterocycles. The van der Waals surface area contributed by atoms with Crippen molar-refractivity contribution in [1.29, 1.82) is 0 Å². The number of benzene rings is 1. The summed E-state index contributed by atoms with van der Waals surface area (Å²) >= 11 is 0. The Morgan fingerprint density at radius 3 is 2.58 bits per heavy atom. The molecule has 0 bridgehead atoms. The highest BCUT2D eigenvalue weighted by Crippen LogP contribution is 2.39. The molecule has 0 saturated carbocycles. The lowest BCUT2D eigenvalue weighted by Crippen LogP contribution is -2.29. The molecule has 4 heterocycles. The van der Waals surface area contributed by atoms with Crippen LogP contribution in [0.4, 0.5) is 0 Å². The predicted molar refractivity (Wildman–Crippen MR) is 112 cm³/mol. The van der Waals surface area contributed by atoms with Crippen molar-refractivity contribution in [2.45, 2.75) is 18.8 Å². The van der Waals surface area contributed by atoms with E-state index in [-0.39, 0.29) is 17.7 Å². The highest BCUT2D eigenvalue weighted by atomic mass is 16.5. The number of rotatable bonds is 4. The number of amides is 1. The molecule has 0 spiro atoms. The first-order chi connectivity index (χ1) is 15.2. The van der Waals surface area contributed by atoms with E-state index in [1.165, 1.54) is 6.20 Å². The molecule has 31 heavy (non-hydrogen) atoms. The van der Waals surface area contributed by atoms with Crippen molar-refractivity contribution >= 4 is 5.91 Å². The summed E-state index contributed by atoms with van der Waals surface area (Å²) in [6, 6.07) is 13.6. The highest BCUT2D eigenvalue weighted by molar-refractivity contribution is 5.92. The summed E-state index contributed by atoms with van der Waals surface area (Å²) < 4.78 is 5.66. The number of likely N-dealkylation sites (tertiary alicyclic amines) is 1. The molecule has 5 rings (SSSR count). The Balaban J connectivity index is 1.46. The van der Waals surface area contributed by atoms with Crippen molar-refractivity contribution in [3.8, 4) is 11.4 Å². The fourth-order valence-corrected chi connectivity index (χ4v) is 3.91. The van der Waals surface area contributed by atoms with E-state index in [1.807, 2.05) is 55.6 Å². The maximum atomic E-state index is 13.1. The Kier molecular flexibility index (Phi) is 4.95. The number of carbonyl (C=O) groups is 1. The van der Waals surface area contributed by atoms with E-state index in [4.69, 9.17) is 4.52 Å². The monoisotopic (exact) mass is 412 g/mol. The van der Waals surface area contributed by atoms with Gasteiger partial charge in [-0.3, -0.25) is 14.8 Å². The van der Waals surface area contributed by atoms with Crippen LogP contribution in [0.2, 0.25) is 0 Å². The lowest BCUT2D eigenvalue weighted by atomic mass is 9.90. The zero-order chi connectivity index (χ0) is 21.2. The first kappa shape index (κ1) is 19.0. The van der Waals surface area contributed by atoms with Crippen LogP contribution >= 0.6 is 0 Å². The fraction of sp³-hybridized carbons (Fsp3) is 0.217. The number of aromatic nitrogens is 5. The van der Waals surface area contributed by atoms with E-state index in [9.17, 15) is 4.79 Å². The molecule has 0 N–H and O–H groups in total. The summed E-state index contributed by atoms with van der Waals surface area (Å²) in [6.07, 6.45) is 6.68. The lowest BCUT2D eigenvalue weighted by Gasteiger charge is -2.15. The van der Waals surface area contributed by atoms with Gasteiger partial charge in [-0.25, -0.2) is 4.98 Å². The molecule has 1 fully saturated rings. The van der Waals surface area contributed by atoms with E-state index in [0.29, 0.717) is 30.5 Å². The molecule has 3 aromatic heterocycles. The third-order valence-electron chi connectivity index (χ3n) is 5.51. The summed E-state index contributed by atoms with van der Waals surface area (Å²) in [4.78, 5) is 32.2. The van der Waals surface area contributed by atoms with Crippen LogP contribution < -0.4 is 0 Å². The number of carbonyl (C=O) groups excluding carboxylic acids is 1. The average Bonchev–Trinajstić information content (AvgIpc) is 3.48. The Bertz CT molecular complexity index is 1180. The van der Waals surface area contributed by atoms with E-state index >= 15 is 0 Å². The lowest BCUT2D eigenvalue weighted by molar-refractivity contribution is 0.0781. The number of aryl methyl sites for hydroxylation is 1. The van der Waals surface area contributed by atoms with Gasteiger partial charge in [0.2, 0.25) is 11.7 Å². The van der Waals surface area contributed by atoms with Crippen LogP contribution in [-0.2, 0) is 0 Å². The normalized spacial score (nSPS) is 18.3. The van der Waals surface area contributed by atoms with Crippen molar-refractivity contribution in [2.24, 2.45) is 0 Å². The molecule has 0 aliphatic carbocycles. The van der Waals surface area contributed by atoms with Gasteiger partial charge < -0.3 is 9.42 Å². The first-order valence-electron chi connectivity index (χ1n) is 10.1. The summed E-state index contributed by atoms with van der Waals surface area (Å²) in [5, 5.41) is 4.17. The summed E-state index contributed by atoms with van der Waals surface area (Å²) in [7, 11) is 0. The van der Waals surface area contributed by atoms with Gasteiger partial charge in [0.05, 0.1) is 17.8 Å². The molecule has 4 aromatic rings. The van der Waals surface area contributed by atoms with Crippen molar-refractivity contribution < 1.29 is 9.32 Å². The molecule has 154 valence electrons. The van der Waals surface area contributed by atoms with Gasteiger partial charge in [-0.2, -0.15) is 4.98 Å². The SMILES string of the molecule is Cc1cnc(C(=O)N2CC(c3cccnc3)C(c3nc(-c4ccccc4)no3)C2)cn1. The summed E-state index contributed by atoms with van der Waals surface area (Å²) in [5.74, 6) is 0.732. The van der Waals surface area contributed by atoms with Crippen molar-refractivity contribution in [3.63, 3.8) is 0 Å². The minimum Gasteiger partial charge on any atom is -0.339 e. The summed E-state index contributed by atoms with van der Waals surface area (Å²) in [5.41, 5.74) is 3.00. The number of pyridine rings is 1. The van der Waals surface area contributed by atoms with Crippen LogP contribution in [0.3, 0.4) is 0 Å². The van der Waals surface area contributed by atoms with Gasteiger partial charge in [0, 0.05) is 43.2 Å². The van der Waals surface area contributed by atoms with Crippen molar-refractivity contribution in [2.75, 3.05) is 13.1 Å². The second-order valence-electron chi connectivity index (χ2n) is 7.57. The number of hydrogen-bond donors (Lipinski definition) is 0. The van der Waals surface area contributed by atoms with Crippen LogP contribution in [0.1, 0.15) is 39.5 Å². The topological polar surface area (TPSA) is 97.9 Å². The van der Waals surface area contributed by atoms with Crippen LogP contribution in [0.15, 0.2) is 71.8 Å². The zero-order valence-corrected chi connectivity index (χ0v) is 16.9. The summed E-state index contributed by atoms with van der Waals surface area (Å²) in [6.45, 7) is 2.80.